The molecule has 0 saturated heterocycles. The molecule has 1 fully saturated rings. The molecule has 0 heterocycles. The number of benzene rings is 2. The molecule has 3 rings (SSSR count). The van der Waals surface area contributed by atoms with Crippen LogP contribution < -0.4 is 10.6 Å². The summed E-state index contributed by atoms with van der Waals surface area (Å²) in [5.74, 6) is -3.54. The summed E-state index contributed by atoms with van der Waals surface area (Å²) in [6, 6.07) is 10.3. The quantitative estimate of drug-likeness (QED) is 0.853. The van der Waals surface area contributed by atoms with Crippen LogP contribution in [0.25, 0.3) is 0 Å². The standard InChI is InChI=1S/C18H15ClF2N2O2/c19-14-4-2-1-3-10(14)9-22-17(24)12-8-13(12)18(25)23-11-5-6-15(20)16(21)7-11/h1-7,12-13H,8-9H2,(H,22,24)(H,23,25). The van der Waals surface area contributed by atoms with Gasteiger partial charge in [-0.3, -0.25) is 9.59 Å². The number of carbonyl (C=O) groups is 2. The van der Waals surface area contributed by atoms with E-state index in [1.165, 1.54) is 6.07 Å². The second-order valence-electron chi connectivity index (χ2n) is 5.88. The van der Waals surface area contributed by atoms with E-state index >= 15 is 0 Å². The Morgan fingerprint density at radius 2 is 1.76 bits per heavy atom. The zero-order valence-electron chi connectivity index (χ0n) is 13.1. The van der Waals surface area contributed by atoms with Gasteiger partial charge < -0.3 is 10.6 Å². The number of halogens is 3. The van der Waals surface area contributed by atoms with Gasteiger partial charge in [-0.05, 0) is 30.2 Å². The van der Waals surface area contributed by atoms with E-state index in [4.69, 9.17) is 11.6 Å². The van der Waals surface area contributed by atoms with Crippen molar-refractivity contribution in [2.75, 3.05) is 5.32 Å². The maximum Gasteiger partial charge on any atom is 0.228 e. The third kappa shape index (κ3) is 4.14. The van der Waals surface area contributed by atoms with Gasteiger partial charge in [-0.2, -0.15) is 0 Å². The van der Waals surface area contributed by atoms with Crippen LogP contribution in [0.15, 0.2) is 42.5 Å². The summed E-state index contributed by atoms with van der Waals surface area (Å²) in [5.41, 5.74) is 0.951. The molecule has 1 aliphatic carbocycles. The van der Waals surface area contributed by atoms with Crippen LogP contribution >= 0.6 is 11.6 Å². The van der Waals surface area contributed by atoms with E-state index in [1.54, 1.807) is 12.1 Å². The van der Waals surface area contributed by atoms with Crippen molar-refractivity contribution in [2.45, 2.75) is 13.0 Å². The molecule has 0 bridgehead atoms. The van der Waals surface area contributed by atoms with Crippen LogP contribution in [0, 0.1) is 23.5 Å². The van der Waals surface area contributed by atoms with Gasteiger partial charge in [0.15, 0.2) is 11.6 Å². The maximum atomic E-state index is 13.1. The molecule has 0 aromatic heterocycles. The van der Waals surface area contributed by atoms with E-state index in [2.05, 4.69) is 10.6 Å². The van der Waals surface area contributed by atoms with Crippen molar-refractivity contribution in [1.29, 1.82) is 0 Å². The van der Waals surface area contributed by atoms with Crippen molar-refractivity contribution < 1.29 is 18.4 Å². The van der Waals surface area contributed by atoms with Crippen molar-refractivity contribution in [1.82, 2.24) is 5.32 Å². The lowest BCUT2D eigenvalue weighted by Gasteiger charge is -2.07. The summed E-state index contributed by atoms with van der Waals surface area (Å²) in [6.45, 7) is 0.284. The number of nitrogens with one attached hydrogen (secondary N) is 2. The molecule has 0 spiro atoms. The van der Waals surface area contributed by atoms with Crippen molar-refractivity contribution in [3.63, 3.8) is 0 Å². The smallest absolute Gasteiger partial charge is 0.228 e. The number of rotatable bonds is 5. The summed E-state index contributed by atoms with van der Waals surface area (Å²) in [6.07, 6.45) is 0.421. The van der Waals surface area contributed by atoms with Gasteiger partial charge in [0.1, 0.15) is 0 Å². The topological polar surface area (TPSA) is 58.2 Å². The normalized spacial score (nSPS) is 18.5. The fourth-order valence-corrected chi connectivity index (χ4v) is 2.74. The Morgan fingerprint density at radius 3 is 2.48 bits per heavy atom. The van der Waals surface area contributed by atoms with E-state index in [0.717, 1.165) is 17.7 Å². The Labute approximate surface area is 148 Å². The molecule has 1 aliphatic rings. The fraction of sp³-hybridized carbons (Fsp3) is 0.222. The van der Waals surface area contributed by atoms with E-state index in [9.17, 15) is 18.4 Å². The summed E-state index contributed by atoms with van der Waals surface area (Å²) < 4.78 is 26.0. The molecule has 2 atom stereocenters. The first-order chi connectivity index (χ1) is 12.0. The molecule has 1 saturated carbocycles. The van der Waals surface area contributed by atoms with E-state index in [1.807, 2.05) is 12.1 Å². The van der Waals surface area contributed by atoms with Crippen molar-refractivity contribution >= 4 is 29.1 Å². The minimum atomic E-state index is -1.04. The van der Waals surface area contributed by atoms with Crippen LogP contribution in [0.4, 0.5) is 14.5 Å². The van der Waals surface area contributed by atoms with Crippen molar-refractivity contribution in [2.24, 2.45) is 11.8 Å². The lowest BCUT2D eigenvalue weighted by atomic mass is 10.2. The van der Waals surface area contributed by atoms with Gasteiger partial charge in [0.05, 0.1) is 11.8 Å². The lowest BCUT2D eigenvalue weighted by Crippen LogP contribution is -2.27. The van der Waals surface area contributed by atoms with Crippen LogP contribution in [-0.2, 0) is 16.1 Å². The van der Waals surface area contributed by atoms with Gasteiger partial charge in [0, 0.05) is 23.3 Å². The molecule has 4 nitrogen and oxygen atoms in total. The van der Waals surface area contributed by atoms with Gasteiger partial charge in [-0.25, -0.2) is 8.78 Å². The average molecular weight is 365 g/mol. The first kappa shape index (κ1) is 17.4. The summed E-state index contributed by atoms with van der Waals surface area (Å²) in [5, 5.41) is 5.81. The highest BCUT2D eigenvalue weighted by atomic mass is 35.5. The average Bonchev–Trinajstić information content (AvgIpc) is 3.38. The summed E-state index contributed by atoms with van der Waals surface area (Å²) in [4.78, 5) is 24.2. The molecule has 0 radical (unpaired) electrons. The second kappa shape index (κ2) is 7.19. The molecule has 2 aromatic rings. The number of carbonyl (C=O) groups excluding carboxylic acids is 2. The number of hydrogen-bond donors (Lipinski definition) is 2. The molecular weight excluding hydrogens is 350 g/mol. The molecule has 2 aromatic carbocycles. The molecule has 7 heteroatoms. The first-order valence-electron chi connectivity index (χ1n) is 7.72. The van der Waals surface area contributed by atoms with Crippen molar-refractivity contribution in [3.8, 4) is 0 Å². The molecular formula is C18H15ClF2N2O2. The zero-order valence-corrected chi connectivity index (χ0v) is 13.8. The van der Waals surface area contributed by atoms with Gasteiger partial charge in [0.2, 0.25) is 11.8 Å². The van der Waals surface area contributed by atoms with Crippen LogP contribution in [0.1, 0.15) is 12.0 Å². The Bertz CT molecular complexity index is 828. The van der Waals surface area contributed by atoms with Crippen LogP contribution in [0.2, 0.25) is 5.02 Å². The number of anilines is 1. The predicted octanol–water partition coefficient (Wildman–Crippen LogP) is 3.51. The van der Waals surface area contributed by atoms with E-state index < -0.39 is 23.5 Å². The Morgan fingerprint density at radius 1 is 1.04 bits per heavy atom. The summed E-state index contributed by atoms with van der Waals surface area (Å²) in [7, 11) is 0. The third-order valence-corrected chi connectivity index (χ3v) is 4.43. The fourth-order valence-electron chi connectivity index (χ4n) is 2.54. The van der Waals surface area contributed by atoms with Gasteiger partial charge in [-0.1, -0.05) is 29.8 Å². The monoisotopic (exact) mass is 364 g/mol. The Balaban J connectivity index is 1.51. The van der Waals surface area contributed by atoms with Crippen LogP contribution in [0.3, 0.4) is 0 Å². The van der Waals surface area contributed by atoms with Crippen LogP contribution in [-0.4, -0.2) is 11.8 Å². The van der Waals surface area contributed by atoms with Gasteiger partial charge in [0.25, 0.3) is 0 Å². The highest BCUT2D eigenvalue weighted by molar-refractivity contribution is 6.31. The highest BCUT2D eigenvalue weighted by Crippen LogP contribution is 2.39. The second-order valence-corrected chi connectivity index (χ2v) is 6.28. The zero-order chi connectivity index (χ0) is 18.0. The Hall–Kier alpha value is -2.47. The maximum absolute atomic E-state index is 13.1. The third-order valence-electron chi connectivity index (χ3n) is 4.06. The predicted molar refractivity (Wildman–Crippen MR) is 89.9 cm³/mol. The van der Waals surface area contributed by atoms with E-state index in [0.29, 0.717) is 11.4 Å². The SMILES string of the molecule is O=C(NCc1ccccc1Cl)C1CC1C(=O)Nc1ccc(F)c(F)c1. The minimum Gasteiger partial charge on any atom is -0.352 e. The molecule has 25 heavy (non-hydrogen) atoms. The molecule has 0 aliphatic heterocycles. The van der Waals surface area contributed by atoms with Gasteiger partial charge in [-0.15, -0.1) is 0 Å². The Kier molecular flexibility index (Phi) is 4.99. The molecule has 2 N–H and O–H groups in total. The van der Waals surface area contributed by atoms with E-state index in [-0.39, 0.29) is 24.0 Å². The lowest BCUT2D eigenvalue weighted by molar-refractivity contribution is -0.125. The molecule has 130 valence electrons. The van der Waals surface area contributed by atoms with Crippen LogP contribution in [0.5, 0.6) is 0 Å². The molecule has 2 amide bonds. The van der Waals surface area contributed by atoms with Crippen molar-refractivity contribution in [3.05, 3.63) is 64.7 Å². The highest BCUT2D eigenvalue weighted by Gasteiger charge is 2.47. The number of hydrogen-bond acceptors (Lipinski definition) is 2. The molecule has 2 unspecified atom stereocenters. The summed E-state index contributed by atoms with van der Waals surface area (Å²) >= 11 is 6.02. The number of amides is 2. The largest absolute Gasteiger partial charge is 0.352 e. The minimum absolute atomic E-state index is 0.158. The van der Waals surface area contributed by atoms with Gasteiger partial charge >= 0.3 is 0 Å². The first-order valence-corrected chi connectivity index (χ1v) is 8.10.